The zero-order chi connectivity index (χ0) is 16.4. The van der Waals surface area contributed by atoms with Gasteiger partial charge in [0.25, 0.3) is 0 Å². The number of aromatic amines is 1. The lowest BCUT2D eigenvalue weighted by atomic mass is 10.1. The predicted octanol–water partition coefficient (Wildman–Crippen LogP) is 3.94. The number of pyridine rings is 1. The number of benzene rings is 1. The minimum absolute atomic E-state index is 0.261. The van der Waals surface area contributed by atoms with E-state index in [4.69, 9.17) is 16.3 Å². The normalized spacial score (nSPS) is 10.7. The van der Waals surface area contributed by atoms with Gasteiger partial charge in [0.2, 0.25) is 0 Å². The molecule has 0 radical (unpaired) electrons. The maximum absolute atomic E-state index is 9.34. The van der Waals surface area contributed by atoms with Gasteiger partial charge in [0.05, 0.1) is 23.7 Å². The minimum Gasteiger partial charge on any atom is -0.494 e. The van der Waals surface area contributed by atoms with E-state index in [0.717, 1.165) is 22.4 Å². The first-order valence-corrected chi connectivity index (χ1v) is 7.79. The molecule has 0 unspecified atom stereocenters. The zero-order valence-electron chi connectivity index (χ0n) is 12.9. The lowest BCUT2D eigenvalue weighted by Gasteiger charge is -2.09. The highest BCUT2D eigenvalue weighted by Gasteiger charge is 2.12. The molecule has 6 heteroatoms. The van der Waals surface area contributed by atoms with Gasteiger partial charge in [-0.3, -0.25) is 0 Å². The molecule has 0 saturated heterocycles. The van der Waals surface area contributed by atoms with Crippen LogP contribution >= 0.6 is 11.6 Å². The number of imidazole rings is 1. The van der Waals surface area contributed by atoms with Gasteiger partial charge in [-0.2, -0.15) is 5.26 Å². The van der Waals surface area contributed by atoms with Crippen molar-refractivity contribution in [1.29, 1.82) is 5.26 Å². The molecule has 2 aromatic heterocycles. The zero-order valence-corrected chi connectivity index (χ0v) is 13.6. The van der Waals surface area contributed by atoms with Gasteiger partial charge in [0, 0.05) is 5.56 Å². The van der Waals surface area contributed by atoms with Gasteiger partial charge in [-0.25, -0.2) is 9.97 Å². The highest BCUT2D eigenvalue weighted by Crippen LogP contribution is 2.28. The molecule has 0 aliphatic carbocycles. The van der Waals surface area contributed by atoms with Crippen molar-refractivity contribution in [2.75, 3.05) is 6.61 Å². The molecular formula is C17H15ClN4O. The van der Waals surface area contributed by atoms with Gasteiger partial charge in [0.15, 0.2) is 5.69 Å². The van der Waals surface area contributed by atoms with Crippen LogP contribution in [0, 0.1) is 18.3 Å². The van der Waals surface area contributed by atoms with Crippen LogP contribution in [0.15, 0.2) is 24.3 Å². The molecule has 0 aliphatic heterocycles. The summed E-state index contributed by atoms with van der Waals surface area (Å²) in [6.45, 7) is 4.56. The first-order chi connectivity index (χ1) is 11.2. The Morgan fingerprint density at radius 2 is 2.13 bits per heavy atom. The summed E-state index contributed by atoms with van der Waals surface area (Å²) in [7, 11) is 0. The third-order valence-electron chi connectivity index (χ3n) is 3.52. The fraction of sp³-hybridized carbons (Fsp3) is 0.235. The van der Waals surface area contributed by atoms with Crippen molar-refractivity contribution in [3.63, 3.8) is 0 Å². The Kier molecular flexibility index (Phi) is 4.18. The number of aromatic nitrogens is 3. The number of nitriles is 1. The van der Waals surface area contributed by atoms with Crippen LogP contribution in [0.2, 0.25) is 0 Å². The van der Waals surface area contributed by atoms with Crippen LogP contribution in [0.5, 0.6) is 5.75 Å². The highest BCUT2D eigenvalue weighted by molar-refractivity contribution is 6.16. The fourth-order valence-electron chi connectivity index (χ4n) is 2.48. The molecule has 1 aromatic carbocycles. The third-order valence-corrected chi connectivity index (χ3v) is 3.77. The third kappa shape index (κ3) is 2.86. The van der Waals surface area contributed by atoms with Crippen molar-refractivity contribution in [1.82, 2.24) is 15.0 Å². The molecule has 3 rings (SSSR count). The van der Waals surface area contributed by atoms with Crippen molar-refractivity contribution in [3.05, 3.63) is 41.3 Å². The molecule has 0 saturated carbocycles. The summed E-state index contributed by atoms with van der Waals surface area (Å²) in [5, 5.41) is 9.34. The number of rotatable bonds is 4. The van der Waals surface area contributed by atoms with E-state index in [1.807, 2.05) is 38.1 Å². The van der Waals surface area contributed by atoms with Gasteiger partial charge in [-0.05, 0) is 43.7 Å². The molecule has 5 nitrogen and oxygen atoms in total. The van der Waals surface area contributed by atoms with Crippen LogP contribution in [-0.2, 0) is 5.88 Å². The second-order valence-corrected chi connectivity index (χ2v) is 5.36. The second kappa shape index (κ2) is 6.27. The van der Waals surface area contributed by atoms with E-state index in [9.17, 15) is 5.26 Å². The van der Waals surface area contributed by atoms with Crippen molar-refractivity contribution in [3.8, 4) is 23.1 Å². The molecule has 0 fully saturated rings. The van der Waals surface area contributed by atoms with Gasteiger partial charge in [-0.15, -0.1) is 11.6 Å². The number of hydrogen-bond acceptors (Lipinski definition) is 4. The Bertz CT molecular complexity index is 911. The number of aryl methyl sites for hydroxylation is 1. The lowest BCUT2D eigenvalue weighted by Crippen LogP contribution is -1.95. The summed E-state index contributed by atoms with van der Waals surface area (Å²) in [5.74, 6) is 1.74. The van der Waals surface area contributed by atoms with E-state index < -0.39 is 0 Å². The van der Waals surface area contributed by atoms with Gasteiger partial charge in [-0.1, -0.05) is 0 Å². The Hall–Kier alpha value is -2.58. The largest absolute Gasteiger partial charge is 0.494 e. The summed E-state index contributed by atoms with van der Waals surface area (Å²) in [6.07, 6.45) is 0. The SMILES string of the molecule is CCOc1ccc(-c2cc3[nH]c(CCl)nc3c(C#N)n2)cc1C. The summed E-state index contributed by atoms with van der Waals surface area (Å²) in [4.78, 5) is 11.8. The minimum atomic E-state index is 0.261. The number of hydrogen-bond donors (Lipinski definition) is 1. The maximum Gasteiger partial charge on any atom is 0.169 e. The van der Waals surface area contributed by atoms with Crippen LogP contribution in [0.25, 0.3) is 22.3 Å². The Labute approximate surface area is 138 Å². The molecule has 0 bridgehead atoms. The van der Waals surface area contributed by atoms with Crippen LogP contribution in [0.1, 0.15) is 24.0 Å². The molecule has 0 spiro atoms. The van der Waals surface area contributed by atoms with Crippen LogP contribution in [0.4, 0.5) is 0 Å². The van der Waals surface area contributed by atoms with Gasteiger partial charge in [0.1, 0.15) is 23.2 Å². The Balaban J connectivity index is 2.13. The highest BCUT2D eigenvalue weighted by atomic mass is 35.5. The number of halogens is 1. The molecule has 116 valence electrons. The Morgan fingerprint density at radius 1 is 1.30 bits per heavy atom. The summed E-state index contributed by atoms with van der Waals surface area (Å²) in [5.41, 5.74) is 4.26. The van der Waals surface area contributed by atoms with Crippen molar-refractivity contribution < 1.29 is 4.74 Å². The molecule has 0 atom stereocenters. The van der Waals surface area contributed by atoms with E-state index >= 15 is 0 Å². The molecule has 1 N–H and O–H groups in total. The van der Waals surface area contributed by atoms with E-state index in [1.54, 1.807) is 0 Å². The molecule has 0 amide bonds. The monoisotopic (exact) mass is 326 g/mol. The summed E-state index contributed by atoms with van der Waals surface area (Å²) in [6, 6.07) is 9.84. The predicted molar refractivity (Wildman–Crippen MR) is 89.5 cm³/mol. The van der Waals surface area contributed by atoms with Crippen LogP contribution in [-0.4, -0.2) is 21.6 Å². The molecule has 23 heavy (non-hydrogen) atoms. The van der Waals surface area contributed by atoms with Crippen molar-refractivity contribution in [2.24, 2.45) is 0 Å². The maximum atomic E-state index is 9.34. The van der Waals surface area contributed by atoms with E-state index in [0.29, 0.717) is 23.6 Å². The quantitative estimate of drug-likeness (QED) is 0.737. The van der Waals surface area contributed by atoms with Crippen molar-refractivity contribution in [2.45, 2.75) is 19.7 Å². The first-order valence-electron chi connectivity index (χ1n) is 7.25. The average molecular weight is 327 g/mol. The standard InChI is InChI=1S/C17H15ClN4O/c1-3-23-15-5-4-11(6-10(15)2)12-7-13-17(14(9-19)20-12)22-16(8-18)21-13/h4-7H,3,8H2,1-2H3,(H,21,22). The van der Waals surface area contributed by atoms with Gasteiger partial charge >= 0.3 is 0 Å². The number of nitrogens with one attached hydrogen (secondary N) is 1. The van der Waals surface area contributed by atoms with E-state index in [-0.39, 0.29) is 11.6 Å². The summed E-state index contributed by atoms with van der Waals surface area (Å²) < 4.78 is 5.56. The Morgan fingerprint density at radius 3 is 2.78 bits per heavy atom. The summed E-state index contributed by atoms with van der Waals surface area (Å²) >= 11 is 5.81. The van der Waals surface area contributed by atoms with Gasteiger partial charge < -0.3 is 9.72 Å². The first kappa shape index (κ1) is 15.3. The number of ether oxygens (including phenoxy) is 1. The average Bonchev–Trinajstić information content (AvgIpc) is 2.99. The van der Waals surface area contributed by atoms with Crippen LogP contribution in [0.3, 0.4) is 0 Å². The second-order valence-electron chi connectivity index (χ2n) is 5.09. The number of fused-ring (bicyclic) bond motifs is 1. The molecular weight excluding hydrogens is 312 g/mol. The van der Waals surface area contributed by atoms with Crippen molar-refractivity contribution >= 4 is 22.6 Å². The molecule has 0 aliphatic rings. The molecule has 3 aromatic rings. The van der Waals surface area contributed by atoms with E-state index in [1.165, 1.54) is 0 Å². The number of alkyl halides is 1. The van der Waals surface area contributed by atoms with E-state index in [2.05, 4.69) is 21.0 Å². The lowest BCUT2D eigenvalue weighted by molar-refractivity contribution is 0.338. The fourth-order valence-corrected chi connectivity index (χ4v) is 2.61. The smallest absolute Gasteiger partial charge is 0.169 e. The molecule has 2 heterocycles. The number of nitrogens with zero attached hydrogens (tertiary/aromatic N) is 3. The topological polar surface area (TPSA) is 74.6 Å². The number of H-pyrrole nitrogens is 1. The van der Waals surface area contributed by atoms with Crippen LogP contribution < -0.4 is 4.74 Å².